The SMILES string of the molecule is CCN1C(=CC2=CC3=CC(=Cc4oc5cc6ccccc6cc5[n+]4CCCCCC(=O)O)CCC3CC2)N(CCCCCC(=O)O)c2cc(C)c(Cl)cc21. The summed E-state index contributed by atoms with van der Waals surface area (Å²) in [5, 5.41) is 21.3. The molecule has 54 heavy (non-hydrogen) atoms. The summed E-state index contributed by atoms with van der Waals surface area (Å²) in [7, 11) is 0. The fraction of sp³-hybridized carbons (Fsp3) is 0.400. The number of halogens is 1. The Morgan fingerprint density at radius 2 is 1.57 bits per heavy atom. The van der Waals surface area contributed by atoms with Crippen LogP contribution < -0.4 is 14.4 Å². The van der Waals surface area contributed by atoms with Gasteiger partial charge in [0.15, 0.2) is 6.54 Å². The summed E-state index contributed by atoms with van der Waals surface area (Å²) in [6, 6.07) is 17.0. The number of unbranched alkanes of at least 4 members (excludes halogenated alkanes) is 4. The molecule has 2 N–H and O–H groups in total. The number of oxazole rings is 1. The lowest BCUT2D eigenvalue weighted by Crippen LogP contribution is -2.35. The van der Waals surface area contributed by atoms with Gasteiger partial charge in [0, 0.05) is 43.4 Å². The van der Waals surface area contributed by atoms with Gasteiger partial charge in [0.2, 0.25) is 5.58 Å². The first-order valence-electron chi connectivity index (χ1n) is 19.7. The van der Waals surface area contributed by atoms with Crippen LogP contribution in [0.4, 0.5) is 11.4 Å². The van der Waals surface area contributed by atoms with Crippen molar-refractivity contribution in [1.82, 2.24) is 0 Å². The van der Waals surface area contributed by atoms with E-state index < -0.39 is 11.9 Å². The predicted molar refractivity (Wildman–Crippen MR) is 217 cm³/mol. The summed E-state index contributed by atoms with van der Waals surface area (Å²) in [5.74, 6) is 1.04. The molecule has 1 aromatic heterocycles. The van der Waals surface area contributed by atoms with Gasteiger partial charge in [-0.15, -0.1) is 0 Å². The third-order valence-corrected chi connectivity index (χ3v) is 11.6. The predicted octanol–water partition coefficient (Wildman–Crippen LogP) is 10.8. The summed E-state index contributed by atoms with van der Waals surface area (Å²) in [6.45, 7) is 6.61. The third kappa shape index (κ3) is 8.29. The number of carbonyl (C=O) groups is 2. The molecule has 0 fully saturated rings. The Kier molecular flexibility index (Phi) is 11.6. The average Bonchev–Trinajstić information content (AvgIpc) is 3.62. The van der Waals surface area contributed by atoms with Gasteiger partial charge < -0.3 is 24.4 Å². The van der Waals surface area contributed by atoms with Crippen LogP contribution in [0, 0.1) is 12.8 Å². The lowest BCUT2D eigenvalue weighted by Gasteiger charge is -2.30. The quantitative estimate of drug-likeness (QED) is 0.0922. The van der Waals surface area contributed by atoms with Crippen molar-refractivity contribution < 1.29 is 28.8 Å². The molecule has 2 aliphatic carbocycles. The van der Waals surface area contributed by atoms with E-state index in [2.05, 4.69) is 88.1 Å². The minimum Gasteiger partial charge on any atom is -0.481 e. The van der Waals surface area contributed by atoms with Gasteiger partial charge in [0.1, 0.15) is 5.82 Å². The smallest absolute Gasteiger partial charge is 0.374 e. The Morgan fingerprint density at radius 1 is 0.870 bits per heavy atom. The number of aliphatic carboxylic acids is 2. The van der Waals surface area contributed by atoms with Crippen molar-refractivity contribution in [3.05, 3.63) is 106 Å². The molecule has 1 atom stereocenters. The Balaban J connectivity index is 1.19. The highest BCUT2D eigenvalue weighted by Gasteiger charge is 2.32. The molecule has 7 rings (SSSR count). The van der Waals surface area contributed by atoms with Gasteiger partial charge in [0.05, 0.1) is 17.5 Å². The van der Waals surface area contributed by atoms with E-state index in [1.54, 1.807) is 0 Å². The van der Waals surface area contributed by atoms with Crippen LogP contribution in [0.1, 0.15) is 95.4 Å². The minimum atomic E-state index is -0.744. The molecule has 0 amide bonds. The van der Waals surface area contributed by atoms with Crippen LogP contribution in [0.5, 0.6) is 0 Å². The number of allylic oxidation sites excluding steroid dienone is 6. The lowest BCUT2D eigenvalue weighted by atomic mass is 9.77. The summed E-state index contributed by atoms with van der Waals surface area (Å²) in [6.07, 6.45) is 18.8. The van der Waals surface area contributed by atoms with Gasteiger partial charge in [-0.1, -0.05) is 54.4 Å². The normalized spacial score (nSPS) is 18.4. The standard InChI is InChI=1S/C45H50ClN3O5/c1-3-47-39-29-37(46)30(2)22-38(39)48(20-10-4-6-14-44(50)51)42(47)25-31-16-18-33-19-17-32(24-36(33)23-31)26-43-49(21-11-5-7-15-45(52)53)40-27-34-12-8-9-13-35(34)28-41(40)54-43/h8-9,12-13,22-29,33H,3-7,10-11,14-21H2,1-2H3,(H-,50,51,52,53)/p+1. The summed E-state index contributed by atoms with van der Waals surface area (Å²) in [5.41, 5.74) is 9.19. The fourth-order valence-corrected chi connectivity index (χ4v) is 8.49. The number of carboxylic acids is 2. The molecule has 4 aromatic rings. The molecule has 1 aliphatic heterocycles. The van der Waals surface area contributed by atoms with E-state index in [0.717, 1.165) is 121 Å². The summed E-state index contributed by atoms with van der Waals surface area (Å²) < 4.78 is 8.85. The molecular formula is C45H51ClN3O5+. The number of hydrogen-bond donors (Lipinski definition) is 2. The molecule has 3 aromatic carbocycles. The van der Waals surface area contributed by atoms with Gasteiger partial charge >= 0.3 is 17.8 Å². The van der Waals surface area contributed by atoms with Crippen molar-refractivity contribution in [2.24, 2.45) is 5.92 Å². The third-order valence-electron chi connectivity index (χ3n) is 11.2. The number of rotatable bonds is 15. The Hall–Kier alpha value is -4.82. The van der Waals surface area contributed by atoms with Crippen molar-refractivity contribution in [2.45, 2.75) is 97.4 Å². The molecule has 0 saturated heterocycles. The number of anilines is 2. The molecule has 3 aliphatic rings. The van der Waals surface area contributed by atoms with Crippen LogP contribution in [0.3, 0.4) is 0 Å². The van der Waals surface area contributed by atoms with Crippen LogP contribution in [0.2, 0.25) is 5.02 Å². The first kappa shape index (κ1) is 37.5. The van der Waals surface area contributed by atoms with E-state index in [0.29, 0.717) is 18.8 Å². The maximum absolute atomic E-state index is 11.1. The molecular weight excluding hydrogens is 698 g/mol. The number of nitrogens with zero attached hydrogens (tertiary/aromatic N) is 3. The van der Waals surface area contributed by atoms with Crippen molar-refractivity contribution in [3.63, 3.8) is 0 Å². The highest BCUT2D eigenvalue weighted by Crippen LogP contribution is 2.46. The van der Waals surface area contributed by atoms with E-state index in [1.165, 1.54) is 22.1 Å². The van der Waals surface area contributed by atoms with E-state index in [4.69, 9.17) is 26.2 Å². The van der Waals surface area contributed by atoms with Gasteiger partial charge in [-0.2, -0.15) is 4.57 Å². The largest absolute Gasteiger partial charge is 0.481 e. The van der Waals surface area contributed by atoms with Crippen LogP contribution >= 0.6 is 11.6 Å². The topological polar surface area (TPSA) is 98.1 Å². The molecule has 2 heterocycles. The van der Waals surface area contributed by atoms with Crippen LogP contribution in [0.15, 0.2) is 93.7 Å². The fourth-order valence-electron chi connectivity index (χ4n) is 8.34. The van der Waals surface area contributed by atoms with Crippen molar-refractivity contribution in [1.29, 1.82) is 0 Å². The first-order valence-corrected chi connectivity index (χ1v) is 20.0. The number of hydrogen-bond acceptors (Lipinski definition) is 5. The van der Waals surface area contributed by atoms with Crippen LogP contribution in [-0.2, 0) is 16.1 Å². The Bertz CT molecular complexity index is 2190. The van der Waals surface area contributed by atoms with Gasteiger partial charge in [0.25, 0.3) is 5.52 Å². The maximum atomic E-state index is 11.1. The molecule has 282 valence electrons. The Labute approximate surface area is 322 Å². The lowest BCUT2D eigenvalue weighted by molar-refractivity contribution is -0.678. The number of fused-ring (bicyclic) bond motifs is 4. The van der Waals surface area contributed by atoms with E-state index >= 15 is 0 Å². The van der Waals surface area contributed by atoms with Crippen molar-refractivity contribution in [2.75, 3.05) is 22.9 Å². The average molecular weight is 749 g/mol. The maximum Gasteiger partial charge on any atom is 0.374 e. The molecule has 1 unspecified atom stereocenters. The second kappa shape index (κ2) is 16.7. The molecule has 0 spiro atoms. The molecule has 0 saturated carbocycles. The van der Waals surface area contributed by atoms with Gasteiger partial charge in [-0.05, 0) is 128 Å². The van der Waals surface area contributed by atoms with Crippen molar-refractivity contribution >= 4 is 62.9 Å². The number of carboxylic acid groups (broad SMARTS) is 2. The second-order valence-corrected chi connectivity index (χ2v) is 15.4. The minimum absolute atomic E-state index is 0.198. The summed E-state index contributed by atoms with van der Waals surface area (Å²) in [4.78, 5) is 27.0. The van der Waals surface area contributed by atoms with E-state index in [1.807, 2.05) is 13.0 Å². The van der Waals surface area contributed by atoms with Gasteiger partial charge in [-0.3, -0.25) is 9.59 Å². The zero-order valence-electron chi connectivity index (χ0n) is 31.5. The number of benzene rings is 3. The summed E-state index contributed by atoms with van der Waals surface area (Å²) >= 11 is 6.66. The highest BCUT2D eigenvalue weighted by atomic mass is 35.5. The van der Waals surface area contributed by atoms with E-state index in [9.17, 15) is 9.59 Å². The molecule has 8 nitrogen and oxygen atoms in total. The van der Waals surface area contributed by atoms with Crippen LogP contribution in [0.25, 0.3) is 27.9 Å². The van der Waals surface area contributed by atoms with Gasteiger partial charge in [-0.25, -0.2) is 0 Å². The molecule has 0 radical (unpaired) electrons. The number of aryl methyl sites for hydroxylation is 2. The van der Waals surface area contributed by atoms with E-state index in [-0.39, 0.29) is 12.8 Å². The van der Waals surface area contributed by atoms with Crippen molar-refractivity contribution in [3.8, 4) is 0 Å². The number of aromatic nitrogens is 1. The monoisotopic (exact) mass is 748 g/mol. The highest BCUT2D eigenvalue weighted by molar-refractivity contribution is 6.32. The van der Waals surface area contributed by atoms with Crippen LogP contribution in [-0.4, -0.2) is 35.2 Å². The molecule has 9 heteroatoms. The Morgan fingerprint density at radius 3 is 2.31 bits per heavy atom. The second-order valence-electron chi connectivity index (χ2n) is 15.0. The first-order chi connectivity index (χ1) is 26.2. The molecule has 0 bridgehead atoms. The zero-order valence-corrected chi connectivity index (χ0v) is 32.2. The zero-order chi connectivity index (χ0) is 37.8.